The summed E-state index contributed by atoms with van der Waals surface area (Å²) in [6, 6.07) is 0. The first-order chi connectivity index (χ1) is 47.3. The Labute approximate surface area is 600 Å². The second kappa shape index (κ2) is 69.4. The van der Waals surface area contributed by atoms with Gasteiger partial charge in [-0.15, -0.1) is 0 Å². The average molecular weight is 1440 g/mol. The van der Waals surface area contributed by atoms with Crippen LogP contribution >= 0.6 is 15.6 Å². The van der Waals surface area contributed by atoms with Crippen molar-refractivity contribution in [2.24, 2.45) is 17.8 Å². The van der Waals surface area contributed by atoms with Gasteiger partial charge in [-0.05, 0) is 43.4 Å². The molecular formula is C79H154O17P2. The summed E-state index contributed by atoms with van der Waals surface area (Å²) >= 11 is 0. The van der Waals surface area contributed by atoms with Gasteiger partial charge in [-0.1, -0.05) is 357 Å². The van der Waals surface area contributed by atoms with Gasteiger partial charge in [-0.2, -0.15) is 0 Å². The molecule has 0 rings (SSSR count). The van der Waals surface area contributed by atoms with E-state index in [1.807, 2.05) is 0 Å². The molecule has 0 saturated heterocycles. The molecule has 0 fully saturated rings. The first-order valence-electron chi connectivity index (χ1n) is 40.9. The van der Waals surface area contributed by atoms with Gasteiger partial charge in [0.15, 0.2) is 12.2 Å². The number of ether oxygens (including phenoxy) is 4. The minimum absolute atomic E-state index is 0.104. The molecule has 0 amide bonds. The highest BCUT2D eigenvalue weighted by Gasteiger charge is 2.30. The number of hydrogen-bond acceptors (Lipinski definition) is 15. The van der Waals surface area contributed by atoms with Gasteiger partial charge in [0.1, 0.15) is 19.3 Å². The maximum Gasteiger partial charge on any atom is 0.472 e. The fraction of sp³-hybridized carbons (Fsp3) is 0.949. The monoisotopic (exact) mass is 1440 g/mol. The highest BCUT2D eigenvalue weighted by molar-refractivity contribution is 7.47. The van der Waals surface area contributed by atoms with E-state index in [4.69, 9.17) is 37.0 Å². The lowest BCUT2D eigenvalue weighted by Gasteiger charge is -2.21. The molecule has 0 aromatic rings. The molecule has 98 heavy (non-hydrogen) atoms. The number of hydrogen-bond donors (Lipinski definition) is 3. The van der Waals surface area contributed by atoms with Crippen molar-refractivity contribution in [1.82, 2.24) is 0 Å². The smallest absolute Gasteiger partial charge is 0.462 e. The van der Waals surface area contributed by atoms with Crippen LogP contribution in [0.1, 0.15) is 408 Å². The Morgan fingerprint density at radius 2 is 0.520 bits per heavy atom. The van der Waals surface area contributed by atoms with Crippen LogP contribution in [0.25, 0.3) is 0 Å². The first kappa shape index (κ1) is 96.1. The number of carbonyl (C=O) groups is 4. The number of unbranched alkanes of at least 4 members (excludes halogenated alkanes) is 44. The van der Waals surface area contributed by atoms with Crippen molar-refractivity contribution >= 4 is 39.5 Å². The zero-order valence-electron chi connectivity index (χ0n) is 64.3. The van der Waals surface area contributed by atoms with E-state index < -0.39 is 97.5 Å². The van der Waals surface area contributed by atoms with Crippen LogP contribution < -0.4 is 0 Å². The molecule has 6 atom stereocenters. The van der Waals surface area contributed by atoms with Gasteiger partial charge in [0.25, 0.3) is 0 Å². The Morgan fingerprint density at radius 1 is 0.296 bits per heavy atom. The molecule has 3 N–H and O–H groups in total. The van der Waals surface area contributed by atoms with Crippen molar-refractivity contribution < 1.29 is 80.2 Å². The Hall–Kier alpha value is -1.94. The molecule has 19 heteroatoms. The van der Waals surface area contributed by atoms with E-state index in [1.165, 1.54) is 212 Å². The van der Waals surface area contributed by atoms with E-state index in [0.29, 0.717) is 25.7 Å². The summed E-state index contributed by atoms with van der Waals surface area (Å²) in [7, 11) is -9.92. The van der Waals surface area contributed by atoms with E-state index in [-0.39, 0.29) is 25.7 Å². The molecule has 0 aromatic carbocycles. The summed E-state index contributed by atoms with van der Waals surface area (Å²) in [5, 5.41) is 10.6. The molecule has 0 aliphatic carbocycles. The lowest BCUT2D eigenvalue weighted by molar-refractivity contribution is -0.161. The van der Waals surface area contributed by atoms with Crippen molar-refractivity contribution in [3.8, 4) is 0 Å². The van der Waals surface area contributed by atoms with Crippen LogP contribution in [0.15, 0.2) is 0 Å². The van der Waals surface area contributed by atoms with Crippen LogP contribution in [0.3, 0.4) is 0 Å². The SMILES string of the molecule is CCCCCCCCCCCCCCCCCCCCCCCC(=O)O[C@H](COC(=O)CCCCCCCCCCCCCCCC(C)C)COP(=O)(O)OC[C@@H](O)COP(=O)(O)OC[C@@H](COC(=O)CCCCCCCCC(C)CC)OC(=O)CCCCCCCCCCC(C)C. The fourth-order valence-electron chi connectivity index (χ4n) is 12.1. The number of carbonyl (C=O) groups excluding carboxylic acids is 4. The van der Waals surface area contributed by atoms with Gasteiger partial charge in [0.2, 0.25) is 0 Å². The minimum Gasteiger partial charge on any atom is -0.462 e. The Kier molecular flexibility index (Phi) is 68.1. The molecule has 0 radical (unpaired) electrons. The highest BCUT2D eigenvalue weighted by Crippen LogP contribution is 2.45. The third-order valence-electron chi connectivity index (χ3n) is 18.7. The second-order valence-electron chi connectivity index (χ2n) is 29.6. The largest absolute Gasteiger partial charge is 0.472 e. The molecule has 0 aromatic heterocycles. The maximum absolute atomic E-state index is 13.1. The molecule has 582 valence electrons. The van der Waals surface area contributed by atoms with Gasteiger partial charge in [0.05, 0.1) is 26.4 Å². The van der Waals surface area contributed by atoms with E-state index in [0.717, 1.165) is 114 Å². The van der Waals surface area contributed by atoms with Gasteiger partial charge in [-0.3, -0.25) is 37.3 Å². The number of rotatable bonds is 77. The Bertz CT molecular complexity index is 1910. The van der Waals surface area contributed by atoms with Crippen LogP contribution in [-0.2, 0) is 65.4 Å². The zero-order valence-corrected chi connectivity index (χ0v) is 66.0. The van der Waals surface area contributed by atoms with Gasteiger partial charge in [0, 0.05) is 25.7 Å². The number of esters is 4. The van der Waals surface area contributed by atoms with Crippen LogP contribution in [0.4, 0.5) is 0 Å². The van der Waals surface area contributed by atoms with E-state index in [9.17, 15) is 43.2 Å². The van der Waals surface area contributed by atoms with Gasteiger partial charge < -0.3 is 33.8 Å². The highest BCUT2D eigenvalue weighted by atomic mass is 31.2. The summed E-state index contributed by atoms with van der Waals surface area (Å²) < 4.78 is 68.6. The molecular weight excluding hydrogens is 1280 g/mol. The molecule has 3 unspecified atom stereocenters. The molecule has 17 nitrogen and oxygen atoms in total. The Morgan fingerprint density at radius 3 is 0.776 bits per heavy atom. The van der Waals surface area contributed by atoms with Crippen LogP contribution in [0.2, 0.25) is 0 Å². The van der Waals surface area contributed by atoms with E-state index in [1.54, 1.807) is 0 Å². The normalized spacial score (nSPS) is 14.3. The van der Waals surface area contributed by atoms with Crippen molar-refractivity contribution in [2.45, 2.75) is 426 Å². The molecule has 0 spiro atoms. The van der Waals surface area contributed by atoms with Crippen molar-refractivity contribution in [3.05, 3.63) is 0 Å². The summed E-state index contributed by atoms with van der Waals surface area (Å²) in [6.45, 7) is 11.9. The maximum atomic E-state index is 13.1. The molecule has 0 saturated carbocycles. The van der Waals surface area contributed by atoms with Gasteiger partial charge in [-0.25, -0.2) is 9.13 Å². The lowest BCUT2D eigenvalue weighted by Crippen LogP contribution is -2.30. The predicted octanol–water partition coefficient (Wildman–Crippen LogP) is 23.4. The number of aliphatic hydroxyl groups is 1. The van der Waals surface area contributed by atoms with Crippen LogP contribution in [-0.4, -0.2) is 96.7 Å². The predicted molar refractivity (Wildman–Crippen MR) is 400 cm³/mol. The second-order valence-corrected chi connectivity index (χ2v) is 32.6. The van der Waals surface area contributed by atoms with E-state index >= 15 is 0 Å². The van der Waals surface area contributed by atoms with Crippen LogP contribution in [0.5, 0.6) is 0 Å². The Balaban J connectivity index is 5.21. The summed E-state index contributed by atoms with van der Waals surface area (Å²) in [5.74, 6) is 0.122. The number of aliphatic hydroxyl groups excluding tert-OH is 1. The lowest BCUT2D eigenvalue weighted by atomic mass is 10.00. The van der Waals surface area contributed by atoms with E-state index in [2.05, 4.69) is 48.5 Å². The van der Waals surface area contributed by atoms with Crippen molar-refractivity contribution in [2.75, 3.05) is 39.6 Å². The zero-order chi connectivity index (χ0) is 72.3. The van der Waals surface area contributed by atoms with Crippen molar-refractivity contribution in [3.63, 3.8) is 0 Å². The summed E-state index contributed by atoms with van der Waals surface area (Å²) in [5.41, 5.74) is 0. The minimum atomic E-state index is -4.96. The standard InChI is InChI=1S/C79H154O17P2/c1-8-10-11-12-13-14-15-16-17-18-19-20-21-22-23-26-30-33-39-48-55-62-78(83)95-74(66-89-76(81)60-53-46-38-32-29-27-24-25-28-31-36-43-50-57-70(3)4)68-93-97(85,86)91-64-73(80)65-92-98(87,88)94-69-75(67-90-77(82)61-54-47-42-41-45-52-59-72(7)9-2)96-79(84)63-56-49-40-35-34-37-44-51-58-71(5)6/h70-75,80H,8-69H2,1-7H3,(H,85,86)(H,87,88)/t72?,73-,74-,75-/m1/s1. The summed E-state index contributed by atoms with van der Waals surface area (Å²) in [4.78, 5) is 72.9. The topological polar surface area (TPSA) is 237 Å². The van der Waals surface area contributed by atoms with Crippen molar-refractivity contribution in [1.29, 1.82) is 0 Å². The first-order valence-corrected chi connectivity index (χ1v) is 43.9. The quantitative estimate of drug-likeness (QED) is 0.0222. The van der Waals surface area contributed by atoms with Gasteiger partial charge >= 0.3 is 39.5 Å². The number of phosphoric acid groups is 2. The molecule has 0 aliphatic rings. The third-order valence-corrected chi connectivity index (χ3v) is 20.6. The average Bonchev–Trinajstić information content (AvgIpc) is 0.998. The summed E-state index contributed by atoms with van der Waals surface area (Å²) in [6.07, 6.45) is 57.1. The van der Waals surface area contributed by atoms with Crippen LogP contribution in [0, 0.1) is 17.8 Å². The molecule has 0 aliphatic heterocycles. The third kappa shape index (κ3) is 71.1. The molecule has 0 bridgehead atoms. The fourth-order valence-corrected chi connectivity index (χ4v) is 13.7. The number of phosphoric ester groups is 2. The molecule has 0 heterocycles.